The van der Waals surface area contributed by atoms with Crippen LogP contribution in [0.5, 0.6) is 0 Å². The molecule has 1 aliphatic rings. The lowest BCUT2D eigenvalue weighted by molar-refractivity contribution is 0.969. The molecule has 0 unspecified atom stereocenters. The van der Waals surface area contributed by atoms with Gasteiger partial charge in [-0.1, -0.05) is 122 Å². The molecule has 3 aromatic heterocycles. The largest absolute Gasteiger partial charge is 0.248 e. The van der Waals surface area contributed by atoms with Crippen LogP contribution in [0.25, 0.3) is 61.8 Å². The second-order valence-corrected chi connectivity index (χ2v) is 15.7. The zero-order valence-electron chi connectivity index (χ0n) is 23.5. The Hall–Kier alpha value is -5.13. The summed E-state index contributed by atoms with van der Waals surface area (Å²) < 4.78 is 1.96. The normalized spacial score (nSPS) is 13.2. The Morgan fingerprint density at radius 3 is 1.79 bits per heavy atom. The standard InChI is InChI=1S/C37H28N4Si/c1-42(2)34-16-10-9-15-30(34)31-21-22-41-37(35(31)42)39-36(40-41)28-19-17-25(18-20-28)29-23-32(26-11-5-3-6-12-26)38-33(24-29)27-13-7-4-8-14-27/h3-24H,1-2H3. The minimum atomic E-state index is -1.88. The number of hydrogen-bond donors (Lipinski definition) is 0. The molecule has 0 saturated heterocycles. The van der Waals surface area contributed by atoms with Crippen molar-refractivity contribution in [2.75, 3.05) is 0 Å². The maximum atomic E-state index is 5.12. The van der Waals surface area contributed by atoms with E-state index in [0.29, 0.717) is 0 Å². The van der Waals surface area contributed by atoms with E-state index >= 15 is 0 Å². The van der Waals surface area contributed by atoms with Gasteiger partial charge < -0.3 is 0 Å². The quantitative estimate of drug-likeness (QED) is 0.210. The van der Waals surface area contributed by atoms with Crippen molar-refractivity contribution in [2.24, 2.45) is 0 Å². The molecular formula is C37H28N4Si. The van der Waals surface area contributed by atoms with Crippen molar-refractivity contribution < 1.29 is 0 Å². The van der Waals surface area contributed by atoms with Crippen LogP contribution in [0.15, 0.2) is 134 Å². The third-order valence-corrected chi connectivity index (χ3v) is 12.0. The fraction of sp³-hybridized carbons (Fsp3) is 0.0541. The molecule has 8 rings (SSSR count). The summed E-state index contributed by atoms with van der Waals surface area (Å²) in [5.74, 6) is 0.750. The van der Waals surface area contributed by atoms with Crippen LogP contribution in [0.1, 0.15) is 0 Å². The van der Waals surface area contributed by atoms with Gasteiger partial charge in [0, 0.05) is 22.9 Å². The van der Waals surface area contributed by atoms with Gasteiger partial charge in [0.15, 0.2) is 11.5 Å². The number of rotatable bonds is 4. The van der Waals surface area contributed by atoms with Crippen molar-refractivity contribution in [3.63, 3.8) is 0 Å². The average Bonchev–Trinajstić information content (AvgIpc) is 3.58. The van der Waals surface area contributed by atoms with E-state index in [1.54, 1.807) is 0 Å². The zero-order valence-corrected chi connectivity index (χ0v) is 24.5. The predicted octanol–water partition coefficient (Wildman–Crippen LogP) is 7.60. The van der Waals surface area contributed by atoms with Crippen molar-refractivity contribution in [2.45, 2.75) is 13.1 Å². The third-order valence-electron chi connectivity index (χ3n) is 8.46. The van der Waals surface area contributed by atoms with Gasteiger partial charge in [-0.25, -0.2) is 14.5 Å². The van der Waals surface area contributed by atoms with Crippen molar-refractivity contribution >= 4 is 24.1 Å². The summed E-state index contributed by atoms with van der Waals surface area (Å²) in [6.07, 6.45) is 2.05. The molecule has 0 N–H and O–H groups in total. The van der Waals surface area contributed by atoms with Crippen molar-refractivity contribution in [3.05, 3.63) is 134 Å². The van der Waals surface area contributed by atoms with E-state index in [1.165, 1.54) is 21.5 Å². The van der Waals surface area contributed by atoms with Gasteiger partial charge in [-0.2, -0.15) is 0 Å². The molecule has 0 bridgehead atoms. The van der Waals surface area contributed by atoms with Crippen molar-refractivity contribution in [3.8, 4) is 56.2 Å². The highest BCUT2D eigenvalue weighted by Gasteiger charge is 2.39. The summed E-state index contributed by atoms with van der Waals surface area (Å²) in [5, 5.41) is 7.77. The summed E-state index contributed by atoms with van der Waals surface area (Å²) in [5.41, 5.74) is 11.0. The Morgan fingerprint density at radius 1 is 0.524 bits per heavy atom. The fourth-order valence-electron chi connectivity index (χ4n) is 6.33. The van der Waals surface area contributed by atoms with Gasteiger partial charge in [0.05, 0.1) is 11.4 Å². The summed E-state index contributed by atoms with van der Waals surface area (Å²) in [6.45, 7) is 4.84. The molecule has 0 radical (unpaired) electrons. The first-order chi connectivity index (χ1) is 20.6. The van der Waals surface area contributed by atoms with Crippen LogP contribution < -0.4 is 10.4 Å². The summed E-state index contributed by atoms with van der Waals surface area (Å²) in [6, 6.07) is 44.7. The fourth-order valence-corrected chi connectivity index (χ4v) is 9.62. The molecule has 4 heterocycles. The molecule has 0 fully saturated rings. The Labute approximate surface area is 246 Å². The highest BCUT2D eigenvalue weighted by molar-refractivity contribution is 7.04. The molecule has 4 nitrogen and oxygen atoms in total. The minimum absolute atomic E-state index is 0.750. The molecule has 42 heavy (non-hydrogen) atoms. The van der Waals surface area contributed by atoms with Crippen LogP contribution in [0.2, 0.25) is 13.1 Å². The molecule has 0 saturated carbocycles. The maximum absolute atomic E-state index is 5.12. The summed E-state index contributed by atoms with van der Waals surface area (Å²) >= 11 is 0. The molecule has 0 atom stereocenters. The molecule has 1 aliphatic heterocycles. The van der Waals surface area contributed by atoms with E-state index in [9.17, 15) is 0 Å². The van der Waals surface area contributed by atoms with Crippen LogP contribution in [-0.4, -0.2) is 27.7 Å². The first-order valence-electron chi connectivity index (χ1n) is 14.3. The predicted molar refractivity (Wildman–Crippen MR) is 175 cm³/mol. The molecule has 200 valence electrons. The highest BCUT2D eigenvalue weighted by atomic mass is 28.3. The molecule has 5 heteroatoms. The number of nitrogens with zero attached hydrogens (tertiary/aromatic N) is 4. The number of benzene rings is 4. The van der Waals surface area contributed by atoms with Gasteiger partial charge in [0.25, 0.3) is 0 Å². The summed E-state index contributed by atoms with van der Waals surface area (Å²) in [4.78, 5) is 10.1. The molecule has 0 amide bonds. The summed E-state index contributed by atoms with van der Waals surface area (Å²) in [7, 11) is -1.88. The van der Waals surface area contributed by atoms with Crippen LogP contribution in [0.4, 0.5) is 0 Å². The topological polar surface area (TPSA) is 43.1 Å². The zero-order chi connectivity index (χ0) is 28.3. The van der Waals surface area contributed by atoms with E-state index in [-0.39, 0.29) is 0 Å². The van der Waals surface area contributed by atoms with Crippen LogP contribution in [0.3, 0.4) is 0 Å². The Balaban J connectivity index is 1.20. The van der Waals surface area contributed by atoms with Gasteiger partial charge in [0.2, 0.25) is 0 Å². The van der Waals surface area contributed by atoms with E-state index in [1.807, 2.05) is 16.6 Å². The van der Waals surface area contributed by atoms with Crippen LogP contribution in [0, 0.1) is 0 Å². The lowest BCUT2D eigenvalue weighted by atomic mass is 9.99. The number of pyridine rings is 2. The van der Waals surface area contributed by atoms with Gasteiger partial charge in [-0.05, 0) is 50.8 Å². The molecule has 0 aliphatic carbocycles. The smallest absolute Gasteiger partial charge is 0.182 e. The Kier molecular flexibility index (Phi) is 5.56. The first-order valence-corrected chi connectivity index (χ1v) is 17.3. The lowest BCUT2D eigenvalue weighted by Crippen LogP contribution is -2.50. The van der Waals surface area contributed by atoms with Crippen LogP contribution >= 0.6 is 0 Å². The van der Waals surface area contributed by atoms with Crippen LogP contribution in [-0.2, 0) is 0 Å². The maximum Gasteiger partial charge on any atom is 0.182 e. The van der Waals surface area contributed by atoms with Gasteiger partial charge in [-0.3, -0.25) is 0 Å². The van der Waals surface area contributed by atoms with E-state index in [2.05, 4.69) is 135 Å². The first kappa shape index (κ1) is 24.6. The number of fused-ring (bicyclic) bond motifs is 5. The van der Waals surface area contributed by atoms with Gasteiger partial charge >= 0.3 is 0 Å². The molecule has 0 spiro atoms. The molecule has 4 aromatic carbocycles. The minimum Gasteiger partial charge on any atom is -0.248 e. The van der Waals surface area contributed by atoms with Gasteiger partial charge in [-0.15, -0.1) is 5.10 Å². The highest BCUT2D eigenvalue weighted by Crippen LogP contribution is 2.33. The van der Waals surface area contributed by atoms with Crippen molar-refractivity contribution in [1.29, 1.82) is 0 Å². The van der Waals surface area contributed by atoms with E-state index < -0.39 is 8.07 Å². The molecular weight excluding hydrogens is 529 g/mol. The second-order valence-electron chi connectivity index (χ2n) is 11.4. The van der Waals surface area contributed by atoms with E-state index in [4.69, 9.17) is 15.1 Å². The lowest BCUT2D eigenvalue weighted by Gasteiger charge is -2.18. The van der Waals surface area contributed by atoms with Crippen molar-refractivity contribution in [1.82, 2.24) is 19.6 Å². The molecule has 7 aromatic rings. The average molecular weight is 557 g/mol. The Morgan fingerprint density at radius 2 is 1.12 bits per heavy atom. The monoisotopic (exact) mass is 556 g/mol. The SMILES string of the molecule is C[Si]1(C)c2ccccc2-c2ccn3nc(-c4ccc(-c5cc(-c6ccccc6)nc(-c6ccccc6)c5)cc4)nc3c21. The van der Waals surface area contributed by atoms with E-state index in [0.717, 1.165) is 50.7 Å². The second kappa shape index (κ2) is 9.47. The van der Waals surface area contributed by atoms with Gasteiger partial charge in [0.1, 0.15) is 8.07 Å². The number of hydrogen-bond acceptors (Lipinski definition) is 3. The third kappa shape index (κ3) is 3.93. The number of aromatic nitrogens is 4. The Bertz CT molecular complexity index is 2040.